The average Bonchev–Trinajstić information content (AvgIpc) is 2.63. The minimum Gasteiger partial charge on any atom is -0.285 e. The van der Waals surface area contributed by atoms with Crippen LogP contribution >= 0.6 is 0 Å². The highest BCUT2D eigenvalue weighted by Crippen LogP contribution is 2.19. The van der Waals surface area contributed by atoms with Crippen molar-refractivity contribution in [3.63, 3.8) is 0 Å². The fourth-order valence-electron chi connectivity index (χ4n) is 2.32. The van der Waals surface area contributed by atoms with E-state index in [-0.39, 0.29) is 12.2 Å². The summed E-state index contributed by atoms with van der Waals surface area (Å²) in [6, 6.07) is 22.6. The van der Waals surface area contributed by atoms with Gasteiger partial charge in [0.1, 0.15) is 5.69 Å². The van der Waals surface area contributed by atoms with Crippen LogP contribution in [0.3, 0.4) is 0 Å². The number of aromatic nitrogens is 1. The molecule has 3 rings (SSSR count). The van der Waals surface area contributed by atoms with E-state index in [1.165, 1.54) is 0 Å². The molecule has 0 radical (unpaired) electrons. The van der Waals surface area contributed by atoms with Gasteiger partial charge in [0.05, 0.1) is 6.54 Å². The standard InChI is InChI=1S/C19H16N2O2/c22-19(21(23)14-15-7-3-1-4-8-15)18-13-17(11-12-20-18)16-9-5-2-6-10-16/h1-13,23H,14H2. The molecule has 3 aromatic rings. The molecule has 0 bridgehead atoms. The van der Waals surface area contributed by atoms with E-state index in [0.29, 0.717) is 5.06 Å². The Morgan fingerprint density at radius 3 is 2.26 bits per heavy atom. The van der Waals surface area contributed by atoms with Crippen molar-refractivity contribution in [2.24, 2.45) is 0 Å². The molecule has 2 aromatic carbocycles. The first kappa shape index (κ1) is 14.9. The van der Waals surface area contributed by atoms with Gasteiger partial charge in [-0.2, -0.15) is 0 Å². The number of hydrogen-bond donors (Lipinski definition) is 1. The van der Waals surface area contributed by atoms with Gasteiger partial charge in [-0.1, -0.05) is 60.7 Å². The van der Waals surface area contributed by atoms with Crippen LogP contribution in [0, 0.1) is 0 Å². The van der Waals surface area contributed by atoms with Crippen molar-refractivity contribution in [1.29, 1.82) is 0 Å². The second-order valence-electron chi connectivity index (χ2n) is 5.14. The summed E-state index contributed by atoms with van der Waals surface area (Å²) in [5, 5.41) is 10.7. The second-order valence-corrected chi connectivity index (χ2v) is 5.14. The van der Waals surface area contributed by atoms with E-state index < -0.39 is 5.91 Å². The van der Waals surface area contributed by atoms with Gasteiger partial charge in [-0.15, -0.1) is 0 Å². The Hall–Kier alpha value is -2.98. The van der Waals surface area contributed by atoms with Gasteiger partial charge in [0.15, 0.2) is 0 Å². The topological polar surface area (TPSA) is 53.4 Å². The summed E-state index contributed by atoms with van der Waals surface area (Å²) in [5.41, 5.74) is 2.95. The highest BCUT2D eigenvalue weighted by molar-refractivity contribution is 5.92. The molecule has 0 unspecified atom stereocenters. The van der Waals surface area contributed by atoms with Gasteiger partial charge in [-0.3, -0.25) is 15.0 Å². The molecule has 0 atom stereocenters. The maximum Gasteiger partial charge on any atom is 0.296 e. The zero-order valence-corrected chi connectivity index (χ0v) is 12.5. The lowest BCUT2D eigenvalue weighted by molar-refractivity contribution is -0.0652. The highest BCUT2D eigenvalue weighted by Gasteiger charge is 2.16. The molecule has 0 fully saturated rings. The molecular weight excluding hydrogens is 288 g/mol. The number of rotatable bonds is 4. The minimum absolute atomic E-state index is 0.122. The third-order valence-corrected chi connectivity index (χ3v) is 3.50. The molecule has 4 nitrogen and oxygen atoms in total. The van der Waals surface area contributed by atoms with E-state index in [1.54, 1.807) is 12.3 Å². The van der Waals surface area contributed by atoms with Gasteiger partial charge in [-0.05, 0) is 28.8 Å². The van der Waals surface area contributed by atoms with Crippen molar-refractivity contribution in [1.82, 2.24) is 10.0 Å². The number of carbonyl (C=O) groups is 1. The van der Waals surface area contributed by atoms with E-state index in [2.05, 4.69) is 4.98 Å². The summed E-state index contributed by atoms with van der Waals surface area (Å²) in [4.78, 5) is 16.4. The third kappa shape index (κ3) is 3.62. The van der Waals surface area contributed by atoms with E-state index in [9.17, 15) is 10.0 Å². The van der Waals surface area contributed by atoms with Crippen LogP contribution in [-0.4, -0.2) is 21.2 Å². The second kappa shape index (κ2) is 6.85. The van der Waals surface area contributed by atoms with Crippen molar-refractivity contribution in [2.45, 2.75) is 6.54 Å². The summed E-state index contributed by atoms with van der Waals surface area (Å²) < 4.78 is 0. The number of hydroxylamine groups is 2. The van der Waals surface area contributed by atoms with Crippen LogP contribution in [0.2, 0.25) is 0 Å². The monoisotopic (exact) mass is 304 g/mol. The average molecular weight is 304 g/mol. The Bertz CT molecular complexity index is 789. The molecule has 0 saturated carbocycles. The maximum atomic E-state index is 12.3. The first-order chi connectivity index (χ1) is 11.2. The lowest BCUT2D eigenvalue weighted by atomic mass is 10.1. The molecule has 1 aromatic heterocycles. The van der Waals surface area contributed by atoms with Gasteiger partial charge in [0.25, 0.3) is 5.91 Å². The van der Waals surface area contributed by atoms with E-state index in [4.69, 9.17) is 0 Å². The Labute approximate surface area is 134 Å². The maximum absolute atomic E-state index is 12.3. The predicted octanol–water partition coefficient (Wildman–Crippen LogP) is 3.78. The summed E-state index contributed by atoms with van der Waals surface area (Å²) in [7, 11) is 0. The first-order valence-electron chi connectivity index (χ1n) is 7.30. The summed E-state index contributed by atoms with van der Waals surface area (Å²) >= 11 is 0. The fourth-order valence-corrected chi connectivity index (χ4v) is 2.32. The van der Waals surface area contributed by atoms with Crippen LogP contribution in [-0.2, 0) is 6.54 Å². The number of nitrogens with zero attached hydrogens (tertiary/aromatic N) is 2. The number of carbonyl (C=O) groups excluding carboxylic acids is 1. The Balaban J connectivity index is 1.80. The van der Waals surface area contributed by atoms with Crippen molar-refractivity contribution in [3.05, 3.63) is 90.3 Å². The van der Waals surface area contributed by atoms with Gasteiger partial charge < -0.3 is 0 Å². The summed E-state index contributed by atoms with van der Waals surface area (Å²) in [5.74, 6) is -0.522. The molecule has 1 amide bonds. The van der Waals surface area contributed by atoms with E-state index in [0.717, 1.165) is 16.7 Å². The van der Waals surface area contributed by atoms with E-state index in [1.807, 2.05) is 66.7 Å². The van der Waals surface area contributed by atoms with Crippen LogP contribution in [0.25, 0.3) is 11.1 Å². The predicted molar refractivity (Wildman–Crippen MR) is 87.8 cm³/mol. The normalized spacial score (nSPS) is 10.3. The Kier molecular flexibility index (Phi) is 4.45. The SMILES string of the molecule is O=C(c1cc(-c2ccccc2)ccn1)N(O)Cc1ccccc1. The minimum atomic E-state index is -0.522. The molecule has 23 heavy (non-hydrogen) atoms. The molecule has 0 spiro atoms. The number of hydrogen-bond acceptors (Lipinski definition) is 3. The summed E-state index contributed by atoms with van der Waals surface area (Å²) in [6.07, 6.45) is 1.58. The van der Waals surface area contributed by atoms with Crippen molar-refractivity contribution < 1.29 is 10.0 Å². The van der Waals surface area contributed by atoms with Gasteiger partial charge in [0.2, 0.25) is 0 Å². The van der Waals surface area contributed by atoms with Crippen LogP contribution in [0.4, 0.5) is 0 Å². The van der Waals surface area contributed by atoms with Crippen molar-refractivity contribution >= 4 is 5.91 Å². The largest absolute Gasteiger partial charge is 0.296 e. The highest BCUT2D eigenvalue weighted by atomic mass is 16.5. The zero-order chi connectivity index (χ0) is 16.1. The van der Waals surface area contributed by atoms with E-state index >= 15 is 0 Å². The van der Waals surface area contributed by atoms with Crippen LogP contribution in [0.15, 0.2) is 79.0 Å². The molecule has 0 saturated heterocycles. The van der Waals surface area contributed by atoms with Crippen molar-refractivity contribution in [3.8, 4) is 11.1 Å². The lowest BCUT2D eigenvalue weighted by Gasteiger charge is -2.15. The molecule has 114 valence electrons. The number of amides is 1. The lowest BCUT2D eigenvalue weighted by Crippen LogP contribution is -2.27. The summed E-state index contributed by atoms with van der Waals surface area (Å²) in [6.45, 7) is 0.122. The number of pyridine rings is 1. The molecule has 4 heteroatoms. The third-order valence-electron chi connectivity index (χ3n) is 3.50. The molecule has 0 aliphatic rings. The molecule has 0 aliphatic carbocycles. The fraction of sp³-hybridized carbons (Fsp3) is 0.0526. The smallest absolute Gasteiger partial charge is 0.285 e. The van der Waals surface area contributed by atoms with Crippen molar-refractivity contribution in [2.75, 3.05) is 0 Å². The first-order valence-corrected chi connectivity index (χ1v) is 7.30. The molecule has 1 heterocycles. The number of benzene rings is 2. The Morgan fingerprint density at radius 1 is 0.913 bits per heavy atom. The van der Waals surface area contributed by atoms with Gasteiger partial charge >= 0.3 is 0 Å². The van der Waals surface area contributed by atoms with Crippen LogP contribution < -0.4 is 0 Å². The quantitative estimate of drug-likeness (QED) is 0.589. The van der Waals surface area contributed by atoms with Crippen LogP contribution in [0.1, 0.15) is 16.1 Å². The van der Waals surface area contributed by atoms with Gasteiger partial charge in [0, 0.05) is 6.20 Å². The zero-order valence-electron chi connectivity index (χ0n) is 12.5. The van der Waals surface area contributed by atoms with Crippen LogP contribution in [0.5, 0.6) is 0 Å². The Morgan fingerprint density at radius 2 is 1.57 bits per heavy atom. The molecular formula is C19H16N2O2. The van der Waals surface area contributed by atoms with Gasteiger partial charge in [-0.25, -0.2) is 5.06 Å². The molecule has 0 aliphatic heterocycles. The molecule has 1 N–H and O–H groups in total.